The van der Waals surface area contributed by atoms with Gasteiger partial charge in [0.2, 0.25) is 0 Å². The van der Waals surface area contributed by atoms with Crippen LogP contribution < -0.4 is 17.2 Å². The molecular weight excluding hydrogens is 402 g/mol. The highest BCUT2D eigenvalue weighted by atomic mass is 16.4. The number of rotatable bonds is 6. The minimum atomic E-state index is -0.968. The van der Waals surface area contributed by atoms with Crippen molar-refractivity contribution in [2.24, 2.45) is 17.4 Å². The van der Waals surface area contributed by atoms with Crippen LogP contribution in [0.25, 0.3) is 11.3 Å². The van der Waals surface area contributed by atoms with Gasteiger partial charge in [-0.05, 0) is 42.5 Å². The molecule has 1 fully saturated rings. The molecule has 3 aromatic rings. The molecule has 1 unspecified atom stereocenters. The minimum absolute atomic E-state index is 0.0864. The summed E-state index contributed by atoms with van der Waals surface area (Å²) < 4.78 is 1.83. The molecule has 1 saturated carbocycles. The van der Waals surface area contributed by atoms with Crippen LogP contribution in [0.3, 0.4) is 0 Å². The maximum absolute atomic E-state index is 11.2. The third-order valence-corrected chi connectivity index (χ3v) is 4.71. The predicted molar refractivity (Wildman–Crippen MR) is 112 cm³/mol. The van der Waals surface area contributed by atoms with E-state index in [1.54, 1.807) is 0 Å². The summed E-state index contributed by atoms with van der Waals surface area (Å²) in [6.45, 7) is -0.278. The zero-order chi connectivity index (χ0) is 22.5. The second kappa shape index (κ2) is 9.22. The Labute approximate surface area is 177 Å². The van der Waals surface area contributed by atoms with Crippen molar-refractivity contribution < 1.29 is 19.8 Å². The van der Waals surface area contributed by atoms with E-state index in [1.807, 2.05) is 35.1 Å². The van der Waals surface area contributed by atoms with Gasteiger partial charge in [0.1, 0.15) is 11.4 Å². The highest BCUT2D eigenvalue weighted by Gasteiger charge is 2.34. The van der Waals surface area contributed by atoms with Gasteiger partial charge in [0.05, 0.1) is 18.8 Å². The molecule has 1 aromatic carbocycles. The number of aromatic hydroxyl groups is 1. The average Bonchev–Trinajstić information content (AvgIpc) is 3.45. The Morgan fingerprint density at radius 2 is 1.87 bits per heavy atom. The van der Waals surface area contributed by atoms with E-state index in [9.17, 15) is 14.7 Å². The van der Waals surface area contributed by atoms with Crippen molar-refractivity contribution in [1.29, 1.82) is 0 Å². The van der Waals surface area contributed by atoms with Crippen LogP contribution in [-0.4, -0.2) is 48.6 Å². The molecule has 11 heteroatoms. The van der Waals surface area contributed by atoms with Crippen LogP contribution in [0.2, 0.25) is 0 Å². The first-order valence-corrected chi connectivity index (χ1v) is 9.48. The SMILES string of the molecule is NC(=O)c1ncc(-c2cn(C(c3ccc(N)cc3)C3CC3)nn2)cc1O.NCC(=O)O. The van der Waals surface area contributed by atoms with Gasteiger partial charge in [-0.25, -0.2) is 9.67 Å². The van der Waals surface area contributed by atoms with Crippen molar-refractivity contribution in [3.8, 4) is 17.0 Å². The number of carboxylic acid groups (broad SMARTS) is 1. The van der Waals surface area contributed by atoms with Gasteiger partial charge in [-0.3, -0.25) is 9.59 Å². The molecule has 0 spiro atoms. The quantitative estimate of drug-likeness (QED) is 0.354. The Bertz CT molecular complexity index is 1080. The lowest BCUT2D eigenvalue weighted by Gasteiger charge is -2.16. The number of amides is 1. The van der Waals surface area contributed by atoms with Crippen LogP contribution in [0.1, 0.15) is 34.9 Å². The van der Waals surface area contributed by atoms with E-state index in [0.29, 0.717) is 17.2 Å². The van der Waals surface area contributed by atoms with Crippen LogP contribution in [0, 0.1) is 5.92 Å². The topological polar surface area (TPSA) is 196 Å². The standard InChI is InChI=1S/C18H18N6O2.C2H5NO2/c19-13-5-3-11(4-6-13)17(10-1-2-10)24-9-14(22-23-24)12-7-15(25)16(18(20)26)21-8-12;3-1-2(4)5/h3-10,17,25H,1-2,19H2,(H2,20,26);1,3H2,(H,4,5). The summed E-state index contributed by atoms with van der Waals surface area (Å²) in [5.41, 5.74) is 18.3. The van der Waals surface area contributed by atoms with Crippen LogP contribution >= 0.6 is 0 Å². The van der Waals surface area contributed by atoms with Crippen molar-refractivity contribution >= 4 is 17.6 Å². The number of nitrogens with zero attached hydrogens (tertiary/aromatic N) is 4. The van der Waals surface area contributed by atoms with Crippen molar-refractivity contribution in [1.82, 2.24) is 20.0 Å². The number of anilines is 1. The largest absolute Gasteiger partial charge is 0.505 e. The van der Waals surface area contributed by atoms with Crippen LogP contribution in [-0.2, 0) is 4.79 Å². The van der Waals surface area contributed by atoms with Crippen molar-refractivity contribution in [2.45, 2.75) is 18.9 Å². The van der Waals surface area contributed by atoms with Crippen LogP contribution in [0.5, 0.6) is 5.75 Å². The van der Waals surface area contributed by atoms with E-state index in [0.717, 1.165) is 24.1 Å². The minimum Gasteiger partial charge on any atom is -0.505 e. The molecule has 1 aliphatic rings. The summed E-state index contributed by atoms with van der Waals surface area (Å²) >= 11 is 0. The Hall–Kier alpha value is -3.99. The van der Waals surface area contributed by atoms with E-state index in [-0.39, 0.29) is 24.0 Å². The number of carboxylic acids is 1. The molecule has 1 atom stereocenters. The normalized spacial score (nSPS) is 13.7. The molecule has 2 heterocycles. The molecule has 0 saturated heterocycles. The molecule has 0 bridgehead atoms. The second-order valence-corrected chi connectivity index (χ2v) is 7.09. The average molecular weight is 425 g/mol. The summed E-state index contributed by atoms with van der Waals surface area (Å²) in [7, 11) is 0. The lowest BCUT2D eigenvalue weighted by Crippen LogP contribution is -2.13. The summed E-state index contributed by atoms with van der Waals surface area (Å²) in [5, 5.41) is 26.0. The first-order chi connectivity index (χ1) is 14.8. The first-order valence-electron chi connectivity index (χ1n) is 9.48. The lowest BCUT2D eigenvalue weighted by atomic mass is 10.0. The van der Waals surface area contributed by atoms with E-state index >= 15 is 0 Å². The van der Waals surface area contributed by atoms with Gasteiger partial charge in [0, 0.05) is 17.4 Å². The van der Waals surface area contributed by atoms with Gasteiger partial charge >= 0.3 is 5.97 Å². The zero-order valence-corrected chi connectivity index (χ0v) is 16.5. The van der Waals surface area contributed by atoms with Gasteiger partial charge in [-0.15, -0.1) is 5.10 Å². The number of carbonyl (C=O) groups excluding carboxylic acids is 1. The number of aromatic nitrogens is 4. The maximum Gasteiger partial charge on any atom is 0.317 e. The summed E-state index contributed by atoms with van der Waals surface area (Å²) in [6.07, 6.45) is 5.54. The van der Waals surface area contributed by atoms with Crippen LogP contribution in [0.15, 0.2) is 42.7 Å². The Morgan fingerprint density at radius 1 is 1.23 bits per heavy atom. The molecule has 2 aromatic heterocycles. The van der Waals surface area contributed by atoms with E-state index in [1.165, 1.54) is 12.3 Å². The number of pyridine rings is 1. The van der Waals surface area contributed by atoms with Gasteiger partial charge in [-0.2, -0.15) is 0 Å². The van der Waals surface area contributed by atoms with E-state index < -0.39 is 11.9 Å². The first kappa shape index (κ1) is 21.7. The van der Waals surface area contributed by atoms with Crippen LogP contribution in [0.4, 0.5) is 5.69 Å². The summed E-state index contributed by atoms with van der Waals surface area (Å²) in [5.74, 6) is -1.52. The predicted octanol–water partition coefficient (Wildman–Crippen LogP) is 0.756. The molecule has 1 aliphatic carbocycles. The number of nitrogen functional groups attached to an aromatic ring is 1. The fourth-order valence-electron chi connectivity index (χ4n) is 3.07. The van der Waals surface area contributed by atoms with Gasteiger partial charge in [0.25, 0.3) is 5.91 Å². The lowest BCUT2D eigenvalue weighted by molar-refractivity contribution is -0.135. The smallest absolute Gasteiger partial charge is 0.317 e. The highest BCUT2D eigenvalue weighted by Crippen LogP contribution is 2.43. The van der Waals surface area contributed by atoms with Gasteiger partial charge in [0.15, 0.2) is 5.69 Å². The number of hydrogen-bond acceptors (Lipinski definition) is 8. The molecule has 162 valence electrons. The maximum atomic E-state index is 11.2. The van der Waals surface area contributed by atoms with E-state index in [2.05, 4.69) is 21.0 Å². The highest BCUT2D eigenvalue weighted by molar-refractivity contribution is 5.93. The molecule has 0 radical (unpaired) electrons. The number of aliphatic carboxylic acids is 1. The fourth-order valence-corrected chi connectivity index (χ4v) is 3.07. The Balaban J connectivity index is 0.000000491. The van der Waals surface area contributed by atoms with E-state index in [4.69, 9.17) is 16.6 Å². The zero-order valence-electron chi connectivity index (χ0n) is 16.5. The number of primary amides is 1. The molecule has 4 rings (SSSR count). The molecular formula is C20H23N7O4. The molecule has 1 amide bonds. The number of hydrogen-bond donors (Lipinski definition) is 5. The van der Waals surface area contributed by atoms with Crippen molar-refractivity contribution in [3.63, 3.8) is 0 Å². The van der Waals surface area contributed by atoms with Gasteiger partial charge in [-0.1, -0.05) is 17.3 Å². The molecule has 31 heavy (non-hydrogen) atoms. The van der Waals surface area contributed by atoms with Crippen molar-refractivity contribution in [3.05, 3.63) is 54.0 Å². The summed E-state index contributed by atoms with van der Waals surface area (Å²) in [6, 6.07) is 9.28. The second-order valence-electron chi connectivity index (χ2n) is 7.09. The number of benzene rings is 1. The number of nitrogens with two attached hydrogens (primary N) is 3. The Kier molecular flexibility index (Phi) is 6.46. The fraction of sp³-hybridized carbons (Fsp3) is 0.250. The third-order valence-electron chi connectivity index (χ3n) is 4.71. The summed E-state index contributed by atoms with van der Waals surface area (Å²) in [4.78, 5) is 24.3. The monoisotopic (exact) mass is 425 g/mol. The molecule has 0 aliphatic heterocycles. The Morgan fingerprint density at radius 3 is 2.39 bits per heavy atom. The molecule has 8 N–H and O–H groups in total. The van der Waals surface area contributed by atoms with Crippen molar-refractivity contribution in [2.75, 3.05) is 12.3 Å². The third kappa shape index (κ3) is 5.34. The molecule has 11 nitrogen and oxygen atoms in total. The van der Waals surface area contributed by atoms with Gasteiger partial charge < -0.3 is 27.4 Å². The number of carbonyl (C=O) groups is 2.